The SMILES string of the molecule is C[C@@H](c1cccc([N+](=O)[O-])c1)N(C)C(=S)NC[C@H]1CCCO1. The van der Waals surface area contributed by atoms with Crippen LogP contribution in [0.15, 0.2) is 24.3 Å². The van der Waals surface area contributed by atoms with Gasteiger partial charge in [-0.25, -0.2) is 0 Å². The standard InChI is InChI=1S/C15H21N3O3S/c1-11(12-5-3-6-13(9-12)18(19)20)17(2)15(22)16-10-14-7-4-8-21-14/h3,5-6,9,11,14H,4,7-8,10H2,1-2H3,(H,16,22)/t11-,14+/m0/s1. The molecule has 0 radical (unpaired) electrons. The van der Waals surface area contributed by atoms with Crippen LogP contribution >= 0.6 is 12.2 Å². The van der Waals surface area contributed by atoms with Crippen LogP contribution in [-0.4, -0.2) is 41.2 Å². The fourth-order valence-electron chi connectivity index (χ4n) is 2.43. The van der Waals surface area contributed by atoms with Crippen molar-refractivity contribution in [2.75, 3.05) is 20.2 Å². The largest absolute Gasteiger partial charge is 0.376 e. The van der Waals surface area contributed by atoms with Crippen molar-refractivity contribution >= 4 is 23.0 Å². The van der Waals surface area contributed by atoms with Gasteiger partial charge in [-0.15, -0.1) is 0 Å². The van der Waals surface area contributed by atoms with Gasteiger partial charge >= 0.3 is 0 Å². The van der Waals surface area contributed by atoms with Gasteiger partial charge in [-0.2, -0.15) is 0 Å². The minimum atomic E-state index is -0.385. The number of ether oxygens (including phenoxy) is 1. The lowest BCUT2D eigenvalue weighted by Gasteiger charge is -2.28. The number of non-ortho nitro benzene ring substituents is 1. The molecule has 1 heterocycles. The molecule has 0 spiro atoms. The molecule has 7 heteroatoms. The number of rotatable bonds is 5. The van der Waals surface area contributed by atoms with Crippen LogP contribution < -0.4 is 5.32 Å². The van der Waals surface area contributed by atoms with Crippen molar-refractivity contribution in [2.45, 2.75) is 31.9 Å². The third kappa shape index (κ3) is 4.14. The van der Waals surface area contributed by atoms with Crippen molar-refractivity contribution in [1.29, 1.82) is 0 Å². The van der Waals surface area contributed by atoms with Crippen LogP contribution in [0.5, 0.6) is 0 Å². The first-order valence-corrected chi connectivity index (χ1v) is 7.76. The average Bonchev–Trinajstić information content (AvgIpc) is 3.04. The number of nitrogens with one attached hydrogen (secondary N) is 1. The Labute approximate surface area is 135 Å². The summed E-state index contributed by atoms with van der Waals surface area (Å²) in [6.45, 7) is 3.49. The highest BCUT2D eigenvalue weighted by atomic mass is 32.1. The number of nitro groups is 1. The molecule has 0 unspecified atom stereocenters. The number of hydrogen-bond acceptors (Lipinski definition) is 4. The van der Waals surface area contributed by atoms with Crippen molar-refractivity contribution in [3.63, 3.8) is 0 Å². The fraction of sp³-hybridized carbons (Fsp3) is 0.533. The van der Waals surface area contributed by atoms with Crippen molar-refractivity contribution in [2.24, 2.45) is 0 Å². The maximum atomic E-state index is 10.9. The number of nitrogens with zero attached hydrogens (tertiary/aromatic N) is 2. The molecule has 0 bridgehead atoms. The zero-order valence-corrected chi connectivity index (χ0v) is 13.6. The van der Waals surface area contributed by atoms with E-state index in [1.54, 1.807) is 12.1 Å². The third-order valence-corrected chi connectivity index (χ3v) is 4.40. The van der Waals surface area contributed by atoms with E-state index in [0.717, 1.165) is 25.0 Å². The molecule has 0 amide bonds. The molecular weight excluding hydrogens is 302 g/mol. The molecule has 2 atom stereocenters. The van der Waals surface area contributed by atoms with Crippen molar-refractivity contribution in [3.05, 3.63) is 39.9 Å². The molecule has 0 aromatic heterocycles. The molecule has 1 fully saturated rings. The number of benzene rings is 1. The van der Waals surface area contributed by atoms with E-state index in [-0.39, 0.29) is 22.8 Å². The van der Waals surface area contributed by atoms with Crippen LogP contribution in [0, 0.1) is 10.1 Å². The quantitative estimate of drug-likeness (QED) is 0.510. The number of thiocarbonyl (C=S) groups is 1. The fourth-order valence-corrected chi connectivity index (χ4v) is 2.67. The summed E-state index contributed by atoms with van der Waals surface area (Å²) in [6.07, 6.45) is 2.37. The molecule has 1 aliphatic rings. The molecule has 0 aliphatic carbocycles. The van der Waals surface area contributed by atoms with Crippen molar-refractivity contribution in [3.8, 4) is 0 Å². The van der Waals surface area contributed by atoms with Crippen molar-refractivity contribution in [1.82, 2.24) is 10.2 Å². The first-order valence-electron chi connectivity index (χ1n) is 7.35. The minimum absolute atomic E-state index is 0.0515. The van der Waals surface area contributed by atoms with E-state index in [9.17, 15) is 10.1 Å². The summed E-state index contributed by atoms with van der Waals surface area (Å²) < 4.78 is 5.55. The summed E-state index contributed by atoms with van der Waals surface area (Å²) in [7, 11) is 1.88. The first-order chi connectivity index (χ1) is 10.5. The summed E-state index contributed by atoms with van der Waals surface area (Å²) in [6, 6.07) is 6.59. The molecule has 6 nitrogen and oxygen atoms in total. The molecule has 1 aromatic carbocycles. The van der Waals surface area contributed by atoms with Gasteiger partial charge < -0.3 is 15.0 Å². The Morgan fingerprint density at radius 1 is 1.64 bits per heavy atom. The van der Waals surface area contributed by atoms with Gasteiger partial charge in [-0.1, -0.05) is 12.1 Å². The third-order valence-electron chi connectivity index (χ3n) is 3.97. The van der Waals surface area contributed by atoms with Gasteiger partial charge in [0, 0.05) is 32.3 Å². The van der Waals surface area contributed by atoms with Crippen LogP contribution in [0.3, 0.4) is 0 Å². The van der Waals surface area contributed by atoms with E-state index in [4.69, 9.17) is 17.0 Å². The van der Waals surface area contributed by atoms with Crippen molar-refractivity contribution < 1.29 is 9.66 Å². The highest BCUT2D eigenvalue weighted by Crippen LogP contribution is 2.23. The van der Waals surface area contributed by atoms with Gasteiger partial charge in [0.1, 0.15) is 0 Å². The highest BCUT2D eigenvalue weighted by molar-refractivity contribution is 7.80. The molecule has 2 rings (SSSR count). The molecule has 1 N–H and O–H groups in total. The molecule has 120 valence electrons. The van der Waals surface area contributed by atoms with Crippen LogP contribution in [0.4, 0.5) is 5.69 Å². The number of nitro benzene ring substituents is 1. The van der Waals surface area contributed by atoms with Crippen LogP contribution in [0.25, 0.3) is 0 Å². The molecule has 22 heavy (non-hydrogen) atoms. The second kappa shape index (κ2) is 7.51. The summed E-state index contributed by atoms with van der Waals surface area (Å²) in [5.74, 6) is 0. The van der Waals surface area contributed by atoms with Gasteiger partial charge in [0.2, 0.25) is 0 Å². The highest BCUT2D eigenvalue weighted by Gasteiger charge is 2.19. The van der Waals surface area contributed by atoms with Gasteiger partial charge in [-0.05, 0) is 37.5 Å². The Kier molecular flexibility index (Phi) is 5.68. The molecule has 0 saturated carbocycles. The minimum Gasteiger partial charge on any atom is -0.376 e. The zero-order valence-electron chi connectivity index (χ0n) is 12.8. The molecule has 1 saturated heterocycles. The monoisotopic (exact) mass is 323 g/mol. The molecule has 1 aromatic rings. The Morgan fingerprint density at radius 2 is 2.41 bits per heavy atom. The van der Waals surface area contributed by atoms with Crippen LogP contribution in [-0.2, 0) is 4.74 Å². The first kappa shape index (κ1) is 16.6. The lowest BCUT2D eigenvalue weighted by molar-refractivity contribution is -0.384. The summed E-state index contributed by atoms with van der Waals surface area (Å²) in [5.41, 5.74) is 0.953. The van der Waals surface area contributed by atoms with Gasteiger partial charge in [0.05, 0.1) is 17.1 Å². The second-order valence-electron chi connectivity index (χ2n) is 5.46. The van der Waals surface area contributed by atoms with Gasteiger partial charge in [0.25, 0.3) is 5.69 Å². The van der Waals surface area contributed by atoms with E-state index in [1.165, 1.54) is 6.07 Å². The summed E-state index contributed by atoms with van der Waals surface area (Å²) in [5, 5.41) is 14.7. The van der Waals surface area contributed by atoms with E-state index in [0.29, 0.717) is 11.7 Å². The van der Waals surface area contributed by atoms with E-state index >= 15 is 0 Å². The average molecular weight is 323 g/mol. The second-order valence-corrected chi connectivity index (χ2v) is 5.85. The normalized spacial score (nSPS) is 18.7. The van der Waals surface area contributed by atoms with Gasteiger partial charge in [-0.3, -0.25) is 10.1 Å². The lowest BCUT2D eigenvalue weighted by Crippen LogP contribution is -2.41. The topological polar surface area (TPSA) is 67.6 Å². The van der Waals surface area contributed by atoms with E-state index in [2.05, 4.69) is 5.32 Å². The van der Waals surface area contributed by atoms with E-state index in [1.807, 2.05) is 24.9 Å². The van der Waals surface area contributed by atoms with E-state index < -0.39 is 0 Å². The maximum absolute atomic E-state index is 10.9. The summed E-state index contributed by atoms with van der Waals surface area (Å²) in [4.78, 5) is 12.4. The Morgan fingerprint density at radius 3 is 3.05 bits per heavy atom. The number of hydrogen-bond donors (Lipinski definition) is 1. The van der Waals surface area contributed by atoms with Crippen LogP contribution in [0.1, 0.15) is 31.4 Å². The predicted octanol–water partition coefficient (Wildman–Crippen LogP) is 2.64. The Balaban J connectivity index is 1.95. The Hall–Kier alpha value is -1.73. The van der Waals surface area contributed by atoms with Crippen LogP contribution in [0.2, 0.25) is 0 Å². The summed E-state index contributed by atoms with van der Waals surface area (Å²) >= 11 is 5.40. The van der Waals surface area contributed by atoms with Gasteiger partial charge in [0.15, 0.2) is 5.11 Å². The zero-order chi connectivity index (χ0) is 16.1. The predicted molar refractivity (Wildman–Crippen MR) is 88.8 cm³/mol. The Bertz CT molecular complexity index is 547. The molecule has 1 aliphatic heterocycles. The smallest absolute Gasteiger partial charge is 0.269 e. The maximum Gasteiger partial charge on any atom is 0.269 e. The molecular formula is C15H21N3O3S. The lowest BCUT2D eigenvalue weighted by atomic mass is 10.1.